The van der Waals surface area contributed by atoms with Crippen LogP contribution in [0.5, 0.6) is 0 Å². The van der Waals surface area contributed by atoms with Crippen molar-refractivity contribution in [1.29, 1.82) is 0 Å². The van der Waals surface area contributed by atoms with Crippen molar-refractivity contribution in [1.82, 2.24) is 15.1 Å². The molecule has 0 aromatic carbocycles. The van der Waals surface area contributed by atoms with Gasteiger partial charge in [-0.05, 0) is 21.0 Å². The number of piperazine rings is 1. The zero-order valence-corrected chi connectivity index (χ0v) is 10.6. The van der Waals surface area contributed by atoms with Gasteiger partial charge in [0.1, 0.15) is 0 Å². The van der Waals surface area contributed by atoms with Gasteiger partial charge in [0.2, 0.25) is 5.91 Å². The van der Waals surface area contributed by atoms with E-state index < -0.39 is 0 Å². The topological polar surface area (TPSA) is 35.6 Å². The van der Waals surface area contributed by atoms with Crippen molar-refractivity contribution >= 4 is 18.5 Å². The Labute approximate surface area is 97.4 Å². The minimum atomic E-state index is -0.225. The highest BCUT2D eigenvalue weighted by atomic mass is 32.1. The van der Waals surface area contributed by atoms with Crippen LogP contribution in [0.2, 0.25) is 0 Å². The summed E-state index contributed by atoms with van der Waals surface area (Å²) in [6.45, 7) is 5.68. The summed E-state index contributed by atoms with van der Waals surface area (Å²) in [7, 11) is 4.22. The summed E-state index contributed by atoms with van der Waals surface area (Å²) in [5.74, 6) is 0.0139. The van der Waals surface area contributed by atoms with Gasteiger partial charge in [-0.2, -0.15) is 12.6 Å². The second kappa shape index (κ2) is 5.72. The normalized spacial score (nSPS) is 26.3. The lowest BCUT2D eigenvalue weighted by Gasteiger charge is -2.37. The summed E-state index contributed by atoms with van der Waals surface area (Å²) in [5, 5.41) is 2.69. The molecule has 2 atom stereocenters. The second-order valence-corrected chi connectivity index (χ2v) is 5.09. The number of likely N-dealkylation sites (N-methyl/N-ethyl adjacent to an activating group) is 2. The van der Waals surface area contributed by atoms with Crippen LogP contribution in [0.15, 0.2) is 0 Å². The lowest BCUT2D eigenvalue weighted by molar-refractivity contribution is -0.120. The number of carbonyl (C=O) groups is 1. The summed E-state index contributed by atoms with van der Waals surface area (Å²) < 4.78 is 0. The van der Waals surface area contributed by atoms with Gasteiger partial charge in [0.05, 0.1) is 5.25 Å². The zero-order valence-electron chi connectivity index (χ0n) is 9.73. The number of amides is 1. The Hall–Kier alpha value is -0.260. The van der Waals surface area contributed by atoms with Crippen LogP contribution >= 0.6 is 12.6 Å². The van der Waals surface area contributed by atoms with Crippen LogP contribution < -0.4 is 5.32 Å². The van der Waals surface area contributed by atoms with Gasteiger partial charge in [0, 0.05) is 32.2 Å². The average molecular weight is 231 g/mol. The molecular formula is C10H21N3OS. The van der Waals surface area contributed by atoms with Crippen LogP contribution in [0.3, 0.4) is 0 Å². The van der Waals surface area contributed by atoms with Gasteiger partial charge in [0.25, 0.3) is 0 Å². The Morgan fingerprint density at radius 3 is 2.80 bits per heavy atom. The molecule has 0 aliphatic carbocycles. The van der Waals surface area contributed by atoms with Crippen molar-refractivity contribution in [3.05, 3.63) is 0 Å². The third-order valence-corrected chi connectivity index (χ3v) is 3.11. The van der Waals surface area contributed by atoms with Gasteiger partial charge < -0.3 is 10.2 Å². The molecule has 0 aromatic rings. The molecule has 0 spiro atoms. The van der Waals surface area contributed by atoms with E-state index in [1.165, 1.54) is 0 Å². The second-order valence-electron chi connectivity index (χ2n) is 4.32. The standard InChI is InChI=1S/C10H21N3OS/c1-8(15)10(14)11-6-9-7-12(2)4-5-13(9)3/h8-9,15H,4-7H2,1-3H3,(H,11,14). The highest BCUT2D eigenvalue weighted by Gasteiger charge is 2.22. The Bertz CT molecular complexity index is 223. The quantitative estimate of drug-likeness (QED) is 0.653. The summed E-state index contributed by atoms with van der Waals surface area (Å²) >= 11 is 4.10. The van der Waals surface area contributed by atoms with Crippen LogP contribution in [0, 0.1) is 0 Å². The van der Waals surface area contributed by atoms with E-state index in [4.69, 9.17) is 0 Å². The molecule has 1 aliphatic heterocycles. The third kappa shape index (κ3) is 4.01. The molecule has 4 nitrogen and oxygen atoms in total. The van der Waals surface area contributed by atoms with Crippen LogP contribution in [0.1, 0.15) is 6.92 Å². The number of nitrogens with zero attached hydrogens (tertiary/aromatic N) is 2. The largest absolute Gasteiger partial charge is 0.354 e. The predicted molar refractivity (Wildman–Crippen MR) is 65.4 cm³/mol. The molecule has 0 saturated carbocycles. The molecule has 1 fully saturated rings. The smallest absolute Gasteiger partial charge is 0.232 e. The molecule has 0 radical (unpaired) electrons. The molecule has 1 heterocycles. The van der Waals surface area contributed by atoms with Crippen molar-refractivity contribution < 1.29 is 4.79 Å². The van der Waals surface area contributed by atoms with E-state index in [1.807, 2.05) is 0 Å². The zero-order chi connectivity index (χ0) is 11.4. The van der Waals surface area contributed by atoms with Crippen LogP contribution in [-0.2, 0) is 4.79 Å². The van der Waals surface area contributed by atoms with E-state index in [-0.39, 0.29) is 11.2 Å². The number of rotatable bonds is 3. The molecule has 1 amide bonds. The van der Waals surface area contributed by atoms with E-state index in [1.54, 1.807) is 6.92 Å². The van der Waals surface area contributed by atoms with E-state index in [2.05, 4.69) is 41.8 Å². The first-order valence-electron chi connectivity index (χ1n) is 5.35. The fourth-order valence-corrected chi connectivity index (χ4v) is 1.78. The molecule has 1 saturated heterocycles. The Morgan fingerprint density at radius 1 is 1.53 bits per heavy atom. The fourth-order valence-electron chi connectivity index (χ4n) is 1.69. The minimum absolute atomic E-state index is 0.0139. The Kier molecular flexibility index (Phi) is 4.89. The number of hydrogen-bond acceptors (Lipinski definition) is 4. The molecule has 2 unspecified atom stereocenters. The maximum Gasteiger partial charge on any atom is 0.232 e. The van der Waals surface area contributed by atoms with E-state index >= 15 is 0 Å². The third-order valence-electron chi connectivity index (χ3n) is 2.87. The van der Waals surface area contributed by atoms with Gasteiger partial charge in [-0.25, -0.2) is 0 Å². The van der Waals surface area contributed by atoms with Crippen molar-refractivity contribution in [3.63, 3.8) is 0 Å². The van der Waals surface area contributed by atoms with Crippen molar-refractivity contribution in [3.8, 4) is 0 Å². The van der Waals surface area contributed by atoms with Gasteiger partial charge in [-0.1, -0.05) is 0 Å². The number of carbonyl (C=O) groups excluding carboxylic acids is 1. The number of hydrogen-bond donors (Lipinski definition) is 2. The van der Waals surface area contributed by atoms with E-state index in [9.17, 15) is 4.79 Å². The maximum atomic E-state index is 11.4. The lowest BCUT2D eigenvalue weighted by atomic mass is 10.2. The molecule has 88 valence electrons. The monoisotopic (exact) mass is 231 g/mol. The molecule has 1 rings (SSSR count). The molecule has 15 heavy (non-hydrogen) atoms. The van der Waals surface area contributed by atoms with E-state index in [0.29, 0.717) is 12.6 Å². The Balaban J connectivity index is 2.33. The first kappa shape index (κ1) is 12.8. The van der Waals surface area contributed by atoms with Crippen molar-refractivity contribution in [2.75, 3.05) is 40.3 Å². The minimum Gasteiger partial charge on any atom is -0.354 e. The summed E-state index contributed by atoms with van der Waals surface area (Å²) in [4.78, 5) is 15.9. The average Bonchev–Trinajstić information content (AvgIpc) is 2.18. The van der Waals surface area contributed by atoms with E-state index in [0.717, 1.165) is 19.6 Å². The molecule has 0 bridgehead atoms. The first-order valence-corrected chi connectivity index (χ1v) is 5.87. The highest BCUT2D eigenvalue weighted by molar-refractivity contribution is 7.81. The summed E-state index contributed by atoms with van der Waals surface area (Å²) in [6.07, 6.45) is 0. The first-order chi connectivity index (χ1) is 7.00. The molecule has 0 aromatic heterocycles. The molecular weight excluding hydrogens is 210 g/mol. The van der Waals surface area contributed by atoms with Gasteiger partial charge in [-0.3, -0.25) is 9.69 Å². The van der Waals surface area contributed by atoms with Gasteiger partial charge in [-0.15, -0.1) is 0 Å². The van der Waals surface area contributed by atoms with Crippen LogP contribution in [-0.4, -0.2) is 67.3 Å². The predicted octanol–water partition coefficient (Wildman–Crippen LogP) is -0.333. The molecule has 1 N–H and O–H groups in total. The van der Waals surface area contributed by atoms with Crippen molar-refractivity contribution in [2.24, 2.45) is 0 Å². The summed E-state index contributed by atoms with van der Waals surface area (Å²) in [6, 6.07) is 0.416. The van der Waals surface area contributed by atoms with Crippen LogP contribution in [0.25, 0.3) is 0 Å². The van der Waals surface area contributed by atoms with Crippen LogP contribution in [0.4, 0.5) is 0 Å². The Morgan fingerprint density at radius 2 is 2.20 bits per heavy atom. The summed E-state index contributed by atoms with van der Waals surface area (Å²) in [5.41, 5.74) is 0. The number of nitrogens with one attached hydrogen (secondary N) is 1. The van der Waals surface area contributed by atoms with Gasteiger partial charge >= 0.3 is 0 Å². The highest BCUT2D eigenvalue weighted by Crippen LogP contribution is 2.04. The SMILES string of the molecule is CC(S)C(=O)NCC1CN(C)CCN1C. The molecule has 1 aliphatic rings. The number of thiol groups is 1. The van der Waals surface area contributed by atoms with Gasteiger partial charge in [0.15, 0.2) is 0 Å². The lowest BCUT2D eigenvalue weighted by Crippen LogP contribution is -2.54. The fraction of sp³-hybridized carbons (Fsp3) is 0.900. The maximum absolute atomic E-state index is 11.4. The van der Waals surface area contributed by atoms with Crippen molar-refractivity contribution in [2.45, 2.75) is 18.2 Å². The molecule has 5 heteroatoms.